The van der Waals surface area contributed by atoms with Gasteiger partial charge < -0.3 is 4.74 Å². The number of sulfonamides is 1. The molecule has 0 spiro atoms. The zero-order chi connectivity index (χ0) is 16.5. The van der Waals surface area contributed by atoms with Gasteiger partial charge in [0.1, 0.15) is 9.92 Å². The minimum absolute atomic E-state index is 0.0175. The number of H-pyrrole nitrogens is 1. The maximum absolute atomic E-state index is 12.2. The Bertz CT molecular complexity index is 795. The lowest BCUT2D eigenvalue weighted by molar-refractivity contribution is 0.0594. The molecule has 0 amide bonds. The van der Waals surface area contributed by atoms with Gasteiger partial charge in [-0.2, -0.15) is 10.2 Å². The van der Waals surface area contributed by atoms with Crippen LogP contribution in [0.5, 0.6) is 0 Å². The predicted octanol–water partition coefficient (Wildman–Crippen LogP) is 1.43. The smallest absolute Gasteiger partial charge is 0.357 e. The first-order valence-electron chi connectivity index (χ1n) is 6.15. The third kappa shape index (κ3) is 3.07. The highest BCUT2D eigenvalue weighted by atomic mass is 35.5. The van der Waals surface area contributed by atoms with Crippen molar-refractivity contribution in [3.63, 3.8) is 0 Å². The molecule has 120 valence electrons. The van der Waals surface area contributed by atoms with E-state index in [1.807, 2.05) is 13.8 Å². The lowest BCUT2D eigenvalue weighted by Crippen LogP contribution is -2.13. The molecule has 2 aromatic rings. The minimum atomic E-state index is -3.92. The molecular formula is C11H14ClN5O4S. The van der Waals surface area contributed by atoms with Gasteiger partial charge >= 0.3 is 5.97 Å². The Morgan fingerprint density at radius 2 is 2.18 bits per heavy atom. The zero-order valence-corrected chi connectivity index (χ0v) is 13.6. The van der Waals surface area contributed by atoms with Crippen molar-refractivity contribution in [1.29, 1.82) is 0 Å². The number of carbonyl (C=O) groups excluding carboxylic acids is 1. The number of aromatic amines is 1. The van der Waals surface area contributed by atoms with Crippen LogP contribution < -0.4 is 4.72 Å². The molecule has 0 bridgehead atoms. The monoisotopic (exact) mass is 347 g/mol. The molecule has 0 atom stereocenters. The van der Waals surface area contributed by atoms with E-state index in [2.05, 4.69) is 24.8 Å². The van der Waals surface area contributed by atoms with E-state index in [1.54, 1.807) is 0 Å². The number of nitrogens with one attached hydrogen (secondary N) is 2. The molecule has 0 radical (unpaired) electrons. The summed E-state index contributed by atoms with van der Waals surface area (Å²) in [5, 5.41) is 9.76. The Hall–Kier alpha value is -2.07. The van der Waals surface area contributed by atoms with Crippen molar-refractivity contribution in [2.24, 2.45) is 0 Å². The second-order valence-corrected chi connectivity index (χ2v) is 6.67. The van der Waals surface area contributed by atoms with E-state index in [4.69, 9.17) is 11.6 Å². The van der Waals surface area contributed by atoms with Crippen molar-refractivity contribution in [3.05, 3.63) is 23.1 Å². The van der Waals surface area contributed by atoms with Crippen LogP contribution in [0.2, 0.25) is 5.02 Å². The summed E-state index contributed by atoms with van der Waals surface area (Å²) in [6.07, 6.45) is 2.60. The van der Waals surface area contributed by atoms with Crippen LogP contribution in [0.4, 0.5) is 5.82 Å². The number of carbonyl (C=O) groups is 1. The number of nitrogens with zero attached hydrogens (tertiary/aromatic N) is 3. The van der Waals surface area contributed by atoms with Crippen molar-refractivity contribution in [1.82, 2.24) is 20.0 Å². The molecule has 22 heavy (non-hydrogen) atoms. The second-order valence-electron chi connectivity index (χ2n) is 4.61. The molecule has 0 unspecified atom stereocenters. The number of hydrogen-bond acceptors (Lipinski definition) is 6. The number of methoxy groups -OCH3 is 1. The quantitative estimate of drug-likeness (QED) is 0.789. The number of ether oxygens (including phenoxy) is 1. The number of esters is 1. The van der Waals surface area contributed by atoms with Gasteiger partial charge in [0.2, 0.25) is 0 Å². The number of halogens is 1. The van der Waals surface area contributed by atoms with E-state index < -0.39 is 16.0 Å². The summed E-state index contributed by atoms with van der Waals surface area (Å²) < 4.78 is 32.7. The Balaban J connectivity index is 2.29. The van der Waals surface area contributed by atoms with Crippen molar-refractivity contribution < 1.29 is 17.9 Å². The first-order valence-corrected chi connectivity index (χ1v) is 8.01. The highest BCUT2D eigenvalue weighted by molar-refractivity contribution is 7.92. The predicted molar refractivity (Wildman–Crippen MR) is 78.4 cm³/mol. The van der Waals surface area contributed by atoms with Gasteiger partial charge in [-0.25, -0.2) is 13.2 Å². The molecule has 11 heteroatoms. The van der Waals surface area contributed by atoms with Gasteiger partial charge in [0.05, 0.1) is 13.3 Å². The molecule has 2 N–H and O–H groups in total. The lowest BCUT2D eigenvalue weighted by atomic mass is 10.4. The Kier molecular flexibility index (Phi) is 4.42. The van der Waals surface area contributed by atoms with Crippen LogP contribution in [0.15, 0.2) is 17.3 Å². The van der Waals surface area contributed by atoms with E-state index in [1.165, 1.54) is 24.2 Å². The first kappa shape index (κ1) is 16.3. The standard InChI is InChI=1S/C11H14ClN5O4S/c1-6(2)17-5-7(4-13-17)22(19,20)16-10-8(12)9(14-15-10)11(18)21-3/h4-6H,1-3H3,(H2,14,15,16). The van der Waals surface area contributed by atoms with Gasteiger partial charge in [0.25, 0.3) is 10.0 Å². The maximum Gasteiger partial charge on any atom is 0.357 e. The topological polar surface area (TPSA) is 119 Å². The van der Waals surface area contributed by atoms with Crippen LogP contribution in [0, 0.1) is 0 Å². The summed E-state index contributed by atoms with van der Waals surface area (Å²) in [6, 6.07) is 0.0175. The minimum Gasteiger partial charge on any atom is -0.464 e. The molecule has 2 heterocycles. The summed E-state index contributed by atoms with van der Waals surface area (Å²) >= 11 is 5.90. The molecule has 0 saturated carbocycles. The van der Waals surface area contributed by atoms with Gasteiger partial charge in [0, 0.05) is 12.2 Å². The fourth-order valence-corrected chi connectivity index (χ4v) is 2.78. The van der Waals surface area contributed by atoms with E-state index in [-0.39, 0.29) is 27.5 Å². The second kappa shape index (κ2) is 5.97. The molecular weight excluding hydrogens is 334 g/mol. The van der Waals surface area contributed by atoms with Gasteiger partial charge in [-0.1, -0.05) is 11.6 Å². The van der Waals surface area contributed by atoms with Crippen LogP contribution in [0.1, 0.15) is 30.4 Å². The first-order chi connectivity index (χ1) is 10.3. The lowest BCUT2D eigenvalue weighted by Gasteiger charge is -2.04. The number of anilines is 1. The Morgan fingerprint density at radius 1 is 1.50 bits per heavy atom. The van der Waals surface area contributed by atoms with Crippen molar-refractivity contribution in [3.8, 4) is 0 Å². The van der Waals surface area contributed by atoms with Gasteiger partial charge in [-0.15, -0.1) is 0 Å². The maximum atomic E-state index is 12.2. The average Bonchev–Trinajstić information content (AvgIpc) is 3.07. The summed E-state index contributed by atoms with van der Waals surface area (Å²) in [4.78, 5) is 11.4. The Labute approximate surface area is 131 Å². The van der Waals surface area contributed by atoms with Crippen molar-refractivity contribution >= 4 is 33.4 Å². The molecule has 0 aromatic carbocycles. The summed E-state index contributed by atoms with van der Waals surface area (Å²) in [7, 11) is -2.75. The van der Waals surface area contributed by atoms with Crippen LogP contribution in [-0.4, -0.2) is 41.5 Å². The van der Waals surface area contributed by atoms with Gasteiger partial charge in [-0.3, -0.25) is 14.5 Å². The van der Waals surface area contributed by atoms with Gasteiger partial charge in [0.15, 0.2) is 11.5 Å². The molecule has 9 nitrogen and oxygen atoms in total. The summed E-state index contributed by atoms with van der Waals surface area (Å²) in [5.41, 5.74) is -0.139. The normalized spacial score (nSPS) is 11.7. The molecule has 0 aliphatic heterocycles. The van der Waals surface area contributed by atoms with Crippen LogP contribution in [0.3, 0.4) is 0 Å². The molecule has 0 saturated heterocycles. The van der Waals surface area contributed by atoms with Crippen molar-refractivity contribution in [2.75, 3.05) is 11.8 Å². The highest BCUT2D eigenvalue weighted by Crippen LogP contribution is 2.26. The summed E-state index contributed by atoms with van der Waals surface area (Å²) in [5.74, 6) is -0.949. The largest absolute Gasteiger partial charge is 0.464 e. The molecule has 2 rings (SSSR count). The van der Waals surface area contributed by atoms with E-state index in [0.717, 1.165) is 0 Å². The molecule has 0 fully saturated rings. The Morgan fingerprint density at radius 3 is 2.73 bits per heavy atom. The fraction of sp³-hybridized carbons (Fsp3) is 0.364. The molecule has 0 aliphatic carbocycles. The van der Waals surface area contributed by atoms with Crippen LogP contribution >= 0.6 is 11.6 Å². The highest BCUT2D eigenvalue weighted by Gasteiger charge is 2.24. The number of aromatic nitrogens is 4. The van der Waals surface area contributed by atoms with E-state index >= 15 is 0 Å². The van der Waals surface area contributed by atoms with Crippen LogP contribution in [0.25, 0.3) is 0 Å². The van der Waals surface area contributed by atoms with Crippen LogP contribution in [-0.2, 0) is 14.8 Å². The van der Waals surface area contributed by atoms with E-state index in [9.17, 15) is 13.2 Å². The SMILES string of the molecule is COC(=O)c1[nH]nc(NS(=O)(=O)c2cnn(C(C)C)c2)c1Cl. The third-order valence-electron chi connectivity index (χ3n) is 2.74. The van der Waals surface area contributed by atoms with Crippen molar-refractivity contribution in [2.45, 2.75) is 24.8 Å². The number of hydrogen-bond donors (Lipinski definition) is 2. The average molecular weight is 348 g/mol. The van der Waals surface area contributed by atoms with E-state index in [0.29, 0.717) is 0 Å². The zero-order valence-electron chi connectivity index (χ0n) is 12.0. The number of rotatable bonds is 5. The van der Waals surface area contributed by atoms with Gasteiger partial charge in [-0.05, 0) is 13.8 Å². The molecule has 0 aliphatic rings. The summed E-state index contributed by atoms with van der Waals surface area (Å²) in [6.45, 7) is 3.73. The third-order valence-corrected chi connectivity index (χ3v) is 4.41. The fourth-order valence-electron chi connectivity index (χ4n) is 1.56. The molecule has 2 aromatic heterocycles.